The highest BCUT2D eigenvalue weighted by Gasteiger charge is 2.27. The van der Waals surface area contributed by atoms with Crippen LogP contribution >= 0.6 is 22.7 Å². The molecule has 0 saturated carbocycles. The monoisotopic (exact) mass is 476 g/mol. The van der Waals surface area contributed by atoms with E-state index in [4.69, 9.17) is 0 Å². The molecule has 2 N–H and O–H groups in total. The predicted molar refractivity (Wildman–Crippen MR) is 120 cm³/mol. The SMILES string of the molecule is Cc1nc(-c2ccsc2)sc1C(=O)NNC(=O)c1ccc(S(=O)(=O)N2CCCC2)cc1. The van der Waals surface area contributed by atoms with E-state index in [0.717, 1.165) is 23.4 Å². The Hall–Kier alpha value is -2.60. The molecule has 31 heavy (non-hydrogen) atoms. The van der Waals surface area contributed by atoms with Crippen molar-refractivity contribution in [2.24, 2.45) is 0 Å². The predicted octanol–water partition coefficient (Wildman–Crippen LogP) is 3.04. The Kier molecular flexibility index (Phi) is 6.19. The van der Waals surface area contributed by atoms with Gasteiger partial charge in [-0.15, -0.1) is 11.3 Å². The van der Waals surface area contributed by atoms with Gasteiger partial charge in [0.25, 0.3) is 11.8 Å². The minimum absolute atomic E-state index is 0.149. The van der Waals surface area contributed by atoms with Gasteiger partial charge in [-0.1, -0.05) is 0 Å². The van der Waals surface area contributed by atoms with E-state index in [-0.39, 0.29) is 10.5 Å². The van der Waals surface area contributed by atoms with Gasteiger partial charge < -0.3 is 0 Å². The molecule has 8 nitrogen and oxygen atoms in total. The van der Waals surface area contributed by atoms with E-state index in [0.29, 0.717) is 23.7 Å². The maximum absolute atomic E-state index is 12.6. The molecular formula is C20H20N4O4S3. The number of sulfonamides is 1. The van der Waals surface area contributed by atoms with Crippen LogP contribution < -0.4 is 10.9 Å². The summed E-state index contributed by atoms with van der Waals surface area (Å²) >= 11 is 2.80. The molecule has 0 unspecified atom stereocenters. The van der Waals surface area contributed by atoms with Crippen LogP contribution in [0, 0.1) is 6.92 Å². The van der Waals surface area contributed by atoms with Crippen LogP contribution in [0.5, 0.6) is 0 Å². The van der Waals surface area contributed by atoms with Gasteiger partial charge >= 0.3 is 0 Å². The fourth-order valence-corrected chi connectivity index (χ4v) is 6.41. The van der Waals surface area contributed by atoms with Crippen molar-refractivity contribution in [2.75, 3.05) is 13.1 Å². The third-order valence-corrected chi connectivity index (χ3v) is 8.68. The second-order valence-corrected chi connectivity index (χ2v) is 10.7. The van der Waals surface area contributed by atoms with E-state index in [1.807, 2.05) is 16.8 Å². The lowest BCUT2D eigenvalue weighted by Gasteiger charge is -2.15. The molecule has 0 aliphatic carbocycles. The van der Waals surface area contributed by atoms with Gasteiger partial charge in [-0.25, -0.2) is 13.4 Å². The Balaban J connectivity index is 1.39. The zero-order valence-electron chi connectivity index (χ0n) is 16.6. The highest BCUT2D eigenvalue weighted by Crippen LogP contribution is 2.29. The molecule has 162 valence electrons. The summed E-state index contributed by atoms with van der Waals surface area (Å²) in [4.78, 5) is 29.8. The maximum Gasteiger partial charge on any atom is 0.281 e. The lowest BCUT2D eigenvalue weighted by atomic mass is 10.2. The normalized spacial score (nSPS) is 14.5. The molecule has 0 atom stereocenters. The number of carbonyl (C=O) groups is 2. The van der Waals surface area contributed by atoms with Crippen molar-refractivity contribution in [3.8, 4) is 10.6 Å². The van der Waals surface area contributed by atoms with E-state index < -0.39 is 21.8 Å². The molecule has 1 aromatic carbocycles. The summed E-state index contributed by atoms with van der Waals surface area (Å²) in [6.45, 7) is 2.77. The first-order chi connectivity index (χ1) is 14.9. The third-order valence-electron chi connectivity index (χ3n) is 4.88. The number of hydrogen-bond donors (Lipinski definition) is 2. The fourth-order valence-electron chi connectivity index (χ4n) is 3.22. The molecule has 1 fully saturated rings. The quantitative estimate of drug-likeness (QED) is 0.550. The number of benzene rings is 1. The number of rotatable bonds is 5. The second-order valence-electron chi connectivity index (χ2n) is 6.99. The Bertz CT molecular complexity index is 1200. The summed E-state index contributed by atoms with van der Waals surface area (Å²) in [5, 5.41) is 4.63. The molecule has 4 rings (SSSR count). The number of thiazole rings is 1. The average Bonchev–Trinajstić information content (AvgIpc) is 3.53. The first-order valence-corrected chi connectivity index (χ1v) is 12.8. The van der Waals surface area contributed by atoms with Crippen LogP contribution in [-0.4, -0.2) is 42.6 Å². The number of nitrogens with zero attached hydrogens (tertiary/aromatic N) is 2. The Morgan fingerprint density at radius 3 is 2.35 bits per heavy atom. The largest absolute Gasteiger partial charge is 0.281 e. The van der Waals surface area contributed by atoms with Crippen molar-refractivity contribution in [3.63, 3.8) is 0 Å². The molecular weight excluding hydrogens is 456 g/mol. The van der Waals surface area contributed by atoms with Gasteiger partial charge in [-0.05, 0) is 55.5 Å². The summed E-state index contributed by atoms with van der Waals surface area (Å²) in [5.41, 5.74) is 6.52. The lowest BCUT2D eigenvalue weighted by Crippen LogP contribution is -2.41. The summed E-state index contributed by atoms with van der Waals surface area (Å²) in [6, 6.07) is 7.60. The van der Waals surface area contributed by atoms with Crippen LogP contribution in [0.25, 0.3) is 10.6 Å². The standard InChI is InChI=1S/C20H20N4O4S3/c1-13-17(30-20(21-13)15-8-11-29-12-15)19(26)23-22-18(25)14-4-6-16(7-5-14)31(27,28)24-9-2-3-10-24/h4-8,11-12H,2-3,9-10H2,1H3,(H,22,25)(H,23,26). The Morgan fingerprint density at radius 1 is 1.03 bits per heavy atom. The molecule has 2 amide bonds. The summed E-state index contributed by atoms with van der Waals surface area (Å²) < 4.78 is 26.6. The fraction of sp³-hybridized carbons (Fsp3) is 0.250. The van der Waals surface area contributed by atoms with Crippen molar-refractivity contribution in [2.45, 2.75) is 24.7 Å². The highest BCUT2D eigenvalue weighted by atomic mass is 32.2. The first kappa shape index (κ1) is 21.6. The van der Waals surface area contributed by atoms with Crippen molar-refractivity contribution in [1.82, 2.24) is 20.1 Å². The highest BCUT2D eigenvalue weighted by molar-refractivity contribution is 7.89. The number of hydrazine groups is 1. The van der Waals surface area contributed by atoms with Gasteiger partial charge in [0.1, 0.15) is 9.88 Å². The van der Waals surface area contributed by atoms with Gasteiger partial charge in [0.2, 0.25) is 10.0 Å². The van der Waals surface area contributed by atoms with E-state index in [1.165, 1.54) is 39.9 Å². The van der Waals surface area contributed by atoms with Crippen LogP contribution in [-0.2, 0) is 10.0 Å². The molecule has 3 heterocycles. The molecule has 11 heteroatoms. The molecule has 0 bridgehead atoms. The maximum atomic E-state index is 12.6. The Morgan fingerprint density at radius 2 is 1.71 bits per heavy atom. The van der Waals surface area contributed by atoms with Crippen LogP contribution in [0.2, 0.25) is 0 Å². The second kappa shape index (κ2) is 8.87. The summed E-state index contributed by atoms with van der Waals surface area (Å²) in [7, 11) is -3.54. The number of amides is 2. The van der Waals surface area contributed by atoms with E-state index >= 15 is 0 Å². The van der Waals surface area contributed by atoms with Gasteiger partial charge in [0.05, 0.1) is 10.6 Å². The van der Waals surface area contributed by atoms with E-state index in [2.05, 4.69) is 15.8 Å². The van der Waals surface area contributed by atoms with Crippen molar-refractivity contribution in [3.05, 3.63) is 57.2 Å². The van der Waals surface area contributed by atoms with Gasteiger partial charge in [-0.3, -0.25) is 20.4 Å². The lowest BCUT2D eigenvalue weighted by molar-refractivity contribution is 0.0848. The van der Waals surface area contributed by atoms with Gasteiger partial charge in [0.15, 0.2) is 0 Å². The average molecular weight is 477 g/mol. The van der Waals surface area contributed by atoms with Crippen molar-refractivity contribution < 1.29 is 18.0 Å². The summed E-state index contributed by atoms with van der Waals surface area (Å²) in [5.74, 6) is -1.00. The van der Waals surface area contributed by atoms with Crippen LogP contribution in [0.4, 0.5) is 0 Å². The number of nitrogens with one attached hydrogen (secondary N) is 2. The number of carbonyl (C=O) groups excluding carboxylic acids is 2. The number of hydrogen-bond acceptors (Lipinski definition) is 7. The minimum Gasteiger partial charge on any atom is -0.267 e. The van der Waals surface area contributed by atoms with E-state index in [1.54, 1.807) is 18.3 Å². The number of aromatic nitrogens is 1. The van der Waals surface area contributed by atoms with Crippen molar-refractivity contribution >= 4 is 44.5 Å². The molecule has 3 aromatic rings. The van der Waals surface area contributed by atoms with Crippen molar-refractivity contribution in [1.29, 1.82) is 0 Å². The molecule has 1 saturated heterocycles. The third kappa shape index (κ3) is 4.54. The summed E-state index contributed by atoms with van der Waals surface area (Å²) in [6.07, 6.45) is 1.71. The molecule has 0 radical (unpaired) electrons. The van der Waals surface area contributed by atoms with Gasteiger partial charge in [0, 0.05) is 29.6 Å². The Labute approximate surface area is 188 Å². The zero-order valence-corrected chi connectivity index (χ0v) is 19.1. The molecule has 2 aromatic heterocycles. The topological polar surface area (TPSA) is 108 Å². The minimum atomic E-state index is -3.54. The molecule has 1 aliphatic heterocycles. The number of aryl methyl sites for hydroxylation is 1. The van der Waals surface area contributed by atoms with Crippen LogP contribution in [0.15, 0.2) is 46.0 Å². The molecule has 1 aliphatic rings. The van der Waals surface area contributed by atoms with E-state index in [9.17, 15) is 18.0 Å². The van der Waals surface area contributed by atoms with Crippen LogP contribution in [0.1, 0.15) is 38.6 Å². The van der Waals surface area contributed by atoms with Crippen LogP contribution in [0.3, 0.4) is 0 Å². The van der Waals surface area contributed by atoms with Gasteiger partial charge in [-0.2, -0.15) is 15.6 Å². The zero-order chi connectivity index (χ0) is 22.0. The smallest absolute Gasteiger partial charge is 0.267 e. The first-order valence-electron chi connectivity index (χ1n) is 9.57. The molecule has 0 spiro atoms. The number of thiophene rings is 1.